The molecule has 1 amide bonds. The van der Waals surface area contributed by atoms with Gasteiger partial charge in [-0.25, -0.2) is 4.39 Å². The quantitative estimate of drug-likeness (QED) is 0.785. The first-order chi connectivity index (χ1) is 12.2. The monoisotopic (exact) mass is 348 g/mol. The third-order valence-electron chi connectivity index (χ3n) is 5.38. The van der Waals surface area contributed by atoms with Crippen molar-refractivity contribution in [2.24, 2.45) is 5.92 Å². The number of carbonyl (C=O) groups excluding carboxylic acids is 1. The molecule has 138 valence electrons. The molecule has 4 nitrogen and oxygen atoms in total. The molecule has 1 aromatic rings. The summed E-state index contributed by atoms with van der Waals surface area (Å²) in [7, 11) is 0. The van der Waals surface area contributed by atoms with Gasteiger partial charge in [-0.05, 0) is 55.7 Å². The van der Waals surface area contributed by atoms with Gasteiger partial charge < -0.3 is 10.0 Å². The standard InChI is InChI=1S/C20H29FN2O2/c21-18-8-6-16(7-9-18)2-1-3-20(25)23-12-11-22(14-17-4-5-17)19(15-23)10-13-24/h6-9,17,19,24H,1-5,10-15H2/t19-/m0/s1. The lowest BCUT2D eigenvalue weighted by molar-refractivity contribution is -0.134. The van der Waals surface area contributed by atoms with Gasteiger partial charge in [-0.3, -0.25) is 9.69 Å². The summed E-state index contributed by atoms with van der Waals surface area (Å²) in [6.07, 6.45) is 5.52. The topological polar surface area (TPSA) is 43.8 Å². The van der Waals surface area contributed by atoms with E-state index in [9.17, 15) is 14.3 Å². The Balaban J connectivity index is 1.44. The first kappa shape index (κ1) is 18.3. The highest BCUT2D eigenvalue weighted by atomic mass is 19.1. The van der Waals surface area contributed by atoms with E-state index in [-0.39, 0.29) is 18.3 Å². The van der Waals surface area contributed by atoms with Gasteiger partial charge in [0.15, 0.2) is 0 Å². The molecule has 1 saturated carbocycles. The Bertz CT molecular complexity index is 559. The van der Waals surface area contributed by atoms with Gasteiger partial charge in [0, 0.05) is 45.2 Å². The summed E-state index contributed by atoms with van der Waals surface area (Å²) in [5, 5.41) is 9.34. The Morgan fingerprint density at radius 3 is 2.64 bits per heavy atom. The number of piperazine rings is 1. The fraction of sp³-hybridized carbons (Fsp3) is 0.650. The number of rotatable bonds is 8. The number of carbonyl (C=O) groups is 1. The summed E-state index contributed by atoms with van der Waals surface area (Å²) in [6.45, 7) is 3.76. The number of amides is 1. The van der Waals surface area contributed by atoms with Gasteiger partial charge in [-0.2, -0.15) is 0 Å². The van der Waals surface area contributed by atoms with Crippen LogP contribution in [0.4, 0.5) is 4.39 Å². The molecule has 1 aliphatic heterocycles. The largest absolute Gasteiger partial charge is 0.396 e. The van der Waals surface area contributed by atoms with Crippen LogP contribution in [0.15, 0.2) is 24.3 Å². The van der Waals surface area contributed by atoms with Crippen molar-refractivity contribution in [1.82, 2.24) is 9.80 Å². The van der Waals surface area contributed by atoms with Crippen LogP contribution in [-0.4, -0.2) is 59.6 Å². The van der Waals surface area contributed by atoms with E-state index in [1.165, 1.54) is 25.0 Å². The molecule has 1 N–H and O–H groups in total. The summed E-state index contributed by atoms with van der Waals surface area (Å²) in [5.74, 6) is 0.814. The van der Waals surface area contributed by atoms with Crippen molar-refractivity contribution in [3.63, 3.8) is 0 Å². The van der Waals surface area contributed by atoms with Crippen molar-refractivity contribution < 1.29 is 14.3 Å². The molecule has 2 fully saturated rings. The second-order valence-electron chi connectivity index (χ2n) is 7.42. The normalized spacial score (nSPS) is 21.5. The van der Waals surface area contributed by atoms with Gasteiger partial charge in [0.2, 0.25) is 5.91 Å². The molecule has 1 aromatic carbocycles. The Hall–Kier alpha value is -1.46. The van der Waals surface area contributed by atoms with Crippen LogP contribution in [0.1, 0.15) is 37.7 Å². The van der Waals surface area contributed by atoms with Crippen LogP contribution in [0.25, 0.3) is 0 Å². The Labute approximate surface area is 149 Å². The minimum atomic E-state index is -0.223. The lowest BCUT2D eigenvalue weighted by Crippen LogP contribution is -2.55. The predicted molar refractivity (Wildman–Crippen MR) is 95.7 cm³/mol. The van der Waals surface area contributed by atoms with Gasteiger partial charge in [0.1, 0.15) is 5.82 Å². The molecule has 0 bridgehead atoms. The summed E-state index contributed by atoms with van der Waals surface area (Å²) >= 11 is 0. The van der Waals surface area contributed by atoms with Crippen molar-refractivity contribution in [3.05, 3.63) is 35.6 Å². The maximum absolute atomic E-state index is 12.9. The first-order valence-corrected chi connectivity index (χ1v) is 9.53. The van der Waals surface area contributed by atoms with Gasteiger partial charge in [-0.15, -0.1) is 0 Å². The van der Waals surface area contributed by atoms with Crippen LogP contribution in [0.5, 0.6) is 0 Å². The second kappa shape index (κ2) is 8.77. The molecule has 0 unspecified atom stereocenters. The highest BCUT2D eigenvalue weighted by molar-refractivity contribution is 5.76. The van der Waals surface area contributed by atoms with Crippen molar-refractivity contribution in [3.8, 4) is 0 Å². The van der Waals surface area contributed by atoms with Crippen LogP contribution < -0.4 is 0 Å². The van der Waals surface area contributed by atoms with Gasteiger partial charge >= 0.3 is 0 Å². The van der Waals surface area contributed by atoms with E-state index in [0.29, 0.717) is 12.5 Å². The molecule has 5 heteroatoms. The van der Waals surface area contributed by atoms with Crippen LogP contribution in [0.3, 0.4) is 0 Å². The highest BCUT2D eigenvalue weighted by Gasteiger charge is 2.32. The fourth-order valence-corrected chi connectivity index (χ4v) is 3.67. The van der Waals surface area contributed by atoms with Crippen molar-refractivity contribution >= 4 is 5.91 Å². The van der Waals surface area contributed by atoms with Crippen LogP contribution >= 0.6 is 0 Å². The zero-order valence-electron chi connectivity index (χ0n) is 14.9. The maximum Gasteiger partial charge on any atom is 0.222 e. The van der Waals surface area contributed by atoms with Crippen molar-refractivity contribution in [1.29, 1.82) is 0 Å². The molecule has 0 aromatic heterocycles. The Morgan fingerprint density at radius 2 is 1.96 bits per heavy atom. The average Bonchev–Trinajstić information content (AvgIpc) is 3.42. The van der Waals surface area contributed by atoms with Crippen molar-refractivity contribution in [2.75, 3.05) is 32.8 Å². The van der Waals surface area contributed by atoms with Crippen molar-refractivity contribution in [2.45, 2.75) is 44.6 Å². The SMILES string of the molecule is O=C(CCCc1ccc(F)cc1)N1CCN(CC2CC2)[C@@H](CCO)C1. The summed E-state index contributed by atoms with van der Waals surface area (Å²) in [4.78, 5) is 17.0. The van der Waals surface area contributed by atoms with Gasteiger partial charge in [0.25, 0.3) is 0 Å². The summed E-state index contributed by atoms with van der Waals surface area (Å²) < 4.78 is 12.9. The average molecular weight is 348 g/mol. The highest BCUT2D eigenvalue weighted by Crippen LogP contribution is 2.31. The molecular weight excluding hydrogens is 319 g/mol. The molecule has 1 heterocycles. The number of aliphatic hydroxyl groups is 1. The minimum Gasteiger partial charge on any atom is -0.396 e. The lowest BCUT2D eigenvalue weighted by Gasteiger charge is -2.41. The molecule has 2 aliphatic rings. The minimum absolute atomic E-state index is 0.179. The summed E-state index contributed by atoms with van der Waals surface area (Å²) in [5.41, 5.74) is 1.07. The molecule has 0 radical (unpaired) electrons. The third kappa shape index (κ3) is 5.51. The lowest BCUT2D eigenvalue weighted by atomic mass is 10.1. The first-order valence-electron chi connectivity index (χ1n) is 9.53. The number of aryl methyl sites for hydroxylation is 1. The van der Waals surface area contributed by atoms with Crippen LogP contribution in [-0.2, 0) is 11.2 Å². The van der Waals surface area contributed by atoms with E-state index in [4.69, 9.17) is 0 Å². The van der Waals surface area contributed by atoms with E-state index in [0.717, 1.165) is 56.9 Å². The fourth-order valence-electron chi connectivity index (χ4n) is 3.67. The predicted octanol–water partition coefficient (Wildman–Crippen LogP) is 2.45. The van der Waals surface area contributed by atoms with Gasteiger partial charge in [0.05, 0.1) is 0 Å². The molecule has 25 heavy (non-hydrogen) atoms. The zero-order valence-corrected chi connectivity index (χ0v) is 14.9. The summed E-state index contributed by atoms with van der Waals surface area (Å²) in [6, 6.07) is 6.80. The number of halogens is 1. The Morgan fingerprint density at radius 1 is 1.20 bits per heavy atom. The Kier molecular flexibility index (Phi) is 6.43. The molecule has 1 saturated heterocycles. The number of benzene rings is 1. The molecule has 0 spiro atoms. The second-order valence-corrected chi connectivity index (χ2v) is 7.42. The van der Waals surface area contributed by atoms with Gasteiger partial charge in [-0.1, -0.05) is 12.1 Å². The van der Waals surface area contributed by atoms with Crippen LogP contribution in [0.2, 0.25) is 0 Å². The maximum atomic E-state index is 12.9. The number of hydrogen-bond acceptors (Lipinski definition) is 3. The third-order valence-corrected chi connectivity index (χ3v) is 5.38. The number of hydrogen-bond donors (Lipinski definition) is 1. The number of nitrogens with zero attached hydrogens (tertiary/aromatic N) is 2. The van der Waals surface area contributed by atoms with E-state index in [2.05, 4.69) is 4.90 Å². The van der Waals surface area contributed by atoms with Crippen LogP contribution in [0, 0.1) is 11.7 Å². The molecule has 1 aliphatic carbocycles. The van der Waals surface area contributed by atoms with E-state index < -0.39 is 0 Å². The van der Waals surface area contributed by atoms with E-state index >= 15 is 0 Å². The van der Waals surface area contributed by atoms with E-state index in [1.54, 1.807) is 12.1 Å². The number of aliphatic hydroxyl groups excluding tert-OH is 1. The molecule has 1 atom stereocenters. The smallest absolute Gasteiger partial charge is 0.222 e. The molecular formula is C20H29FN2O2. The molecule has 3 rings (SSSR count). The zero-order chi connectivity index (χ0) is 17.6. The van der Waals surface area contributed by atoms with E-state index in [1.807, 2.05) is 4.90 Å².